The van der Waals surface area contributed by atoms with Gasteiger partial charge in [-0.05, 0) is 55.8 Å². The Morgan fingerprint density at radius 1 is 1.12 bits per heavy atom. The standard InChI is InChI=1S/C19H15N3O2S/c1-11-3-8-15-16(9-11)25-19(22-15)13-4-6-14(7-5-13)21-18(23)17-12(2)24-10-20-17/h3-10H,1-2H3,(H,21,23). The summed E-state index contributed by atoms with van der Waals surface area (Å²) < 4.78 is 6.23. The molecule has 1 amide bonds. The van der Waals surface area contributed by atoms with Crippen molar-refractivity contribution >= 4 is 33.1 Å². The number of oxazole rings is 1. The second kappa shape index (κ2) is 6.14. The third-order valence-corrected chi connectivity index (χ3v) is 4.96. The Kier molecular flexibility index (Phi) is 3.82. The summed E-state index contributed by atoms with van der Waals surface area (Å²) >= 11 is 1.66. The fourth-order valence-corrected chi connectivity index (χ4v) is 3.63. The quantitative estimate of drug-likeness (QED) is 0.576. The van der Waals surface area contributed by atoms with Gasteiger partial charge in [-0.15, -0.1) is 11.3 Å². The van der Waals surface area contributed by atoms with Crippen LogP contribution in [0.4, 0.5) is 5.69 Å². The molecule has 0 atom stereocenters. The molecule has 2 aromatic heterocycles. The summed E-state index contributed by atoms with van der Waals surface area (Å²) in [4.78, 5) is 20.8. The first kappa shape index (κ1) is 15.5. The van der Waals surface area contributed by atoms with Crippen LogP contribution in [0.3, 0.4) is 0 Å². The Morgan fingerprint density at radius 2 is 1.92 bits per heavy atom. The molecule has 0 fully saturated rings. The van der Waals surface area contributed by atoms with Crippen molar-refractivity contribution in [3.63, 3.8) is 0 Å². The van der Waals surface area contributed by atoms with E-state index >= 15 is 0 Å². The highest BCUT2D eigenvalue weighted by molar-refractivity contribution is 7.21. The predicted octanol–water partition coefficient (Wildman–Crippen LogP) is 4.82. The van der Waals surface area contributed by atoms with Crippen molar-refractivity contribution in [3.8, 4) is 10.6 Å². The molecule has 5 nitrogen and oxygen atoms in total. The summed E-state index contributed by atoms with van der Waals surface area (Å²) in [6.45, 7) is 3.78. The molecule has 1 N–H and O–H groups in total. The minimum atomic E-state index is -0.283. The molecular formula is C19H15N3O2S. The smallest absolute Gasteiger partial charge is 0.277 e. The number of anilines is 1. The predicted molar refractivity (Wildman–Crippen MR) is 99.0 cm³/mol. The average Bonchev–Trinajstić information content (AvgIpc) is 3.21. The number of thiazole rings is 1. The van der Waals surface area contributed by atoms with Gasteiger partial charge in [0.15, 0.2) is 12.1 Å². The van der Waals surface area contributed by atoms with E-state index in [2.05, 4.69) is 34.3 Å². The highest BCUT2D eigenvalue weighted by Gasteiger charge is 2.13. The van der Waals surface area contributed by atoms with Crippen molar-refractivity contribution in [3.05, 3.63) is 65.9 Å². The van der Waals surface area contributed by atoms with Crippen LogP contribution in [0.15, 0.2) is 53.3 Å². The number of aromatic nitrogens is 2. The maximum absolute atomic E-state index is 12.2. The van der Waals surface area contributed by atoms with Crippen LogP contribution in [0.25, 0.3) is 20.8 Å². The van der Waals surface area contributed by atoms with Gasteiger partial charge in [-0.1, -0.05) is 6.07 Å². The van der Waals surface area contributed by atoms with Crippen LogP contribution in [-0.4, -0.2) is 15.9 Å². The van der Waals surface area contributed by atoms with Crippen molar-refractivity contribution in [2.24, 2.45) is 0 Å². The zero-order valence-electron chi connectivity index (χ0n) is 13.7. The van der Waals surface area contributed by atoms with E-state index in [1.54, 1.807) is 18.3 Å². The minimum Gasteiger partial charge on any atom is -0.448 e. The number of benzene rings is 2. The molecule has 0 saturated carbocycles. The summed E-state index contributed by atoms with van der Waals surface area (Å²) in [5, 5.41) is 3.78. The van der Waals surface area contributed by atoms with E-state index in [9.17, 15) is 4.79 Å². The number of carbonyl (C=O) groups excluding carboxylic acids is 1. The normalized spacial score (nSPS) is 11.0. The van der Waals surface area contributed by atoms with Crippen molar-refractivity contribution in [2.75, 3.05) is 5.32 Å². The Balaban J connectivity index is 1.57. The van der Waals surface area contributed by atoms with Gasteiger partial charge in [0.25, 0.3) is 5.91 Å². The first-order valence-electron chi connectivity index (χ1n) is 7.79. The highest BCUT2D eigenvalue weighted by atomic mass is 32.1. The number of carbonyl (C=O) groups is 1. The average molecular weight is 349 g/mol. The van der Waals surface area contributed by atoms with Crippen LogP contribution in [-0.2, 0) is 0 Å². The lowest BCUT2D eigenvalue weighted by Gasteiger charge is -2.04. The molecule has 6 heteroatoms. The third-order valence-electron chi connectivity index (χ3n) is 3.89. The maximum Gasteiger partial charge on any atom is 0.277 e. The van der Waals surface area contributed by atoms with Gasteiger partial charge < -0.3 is 9.73 Å². The lowest BCUT2D eigenvalue weighted by molar-refractivity contribution is 0.102. The Labute approximate surface area is 148 Å². The first-order chi connectivity index (χ1) is 12.1. The van der Waals surface area contributed by atoms with E-state index in [1.165, 1.54) is 16.7 Å². The molecule has 0 bridgehead atoms. The zero-order chi connectivity index (χ0) is 17.4. The number of hydrogen-bond donors (Lipinski definition) is 1. The number of hydrogen-bond acceptors (Lipinski definition) is 5. The molecule has 0 spiro atoms. The summed E-state index contributed by atoms with van der Waals surface area (Å²) in [5.41, 5.74) is 4.25. The van der Waals surface area contributed by atoms with Gasteiger partial charge in [0.1, 0.15) is 10.8 Å². The lowest BCUT2D eigenvalue weighted by atomic mass is 10.2. The number of fused-ring (bicyclic) bond motifs is 1. The van der Waals surface area contributed by atoms with Crippen molar-refractivity contribution in [2.45, 2.75) is 13.8 Å². The molecule has 2 aromatic carbocycles. The summed E-state index contributed by atoms with van der Waals surface area (Å²) in [5.74, 6) is 0.216. The monoisotopic (exact) mass is 349 g/mol. The molecule has 2 heterocycles. The second-order valence-electron chi connectivity index (χ2n) is 5.78. The minimum absolute atomic E-state index is 0.283. The van der Waals surface area contributed by atoms with Gasteiger partial charge in [0, 0.05) is 11.3 Å². The molecule has 0 radical (unpaired) electrons. The van der Waals surface area contributed by atoms with E-state index in [0.717, 1.165) is 16.1 Å². The first-order valence-corrected chi connectivity index (χ1v) is 8.61. The molecular weight excluding hydrogens is 334 g/mol. The van der Waals surface area contributed by atoms with Gasteiger partial charge in [-0.2, -0.15) is 0 Å². The molecule has 4 aromatic rings. The van der Waals surface area contributed by atoms with Gasteiger partial charge >= 0.3 is 0 Å². The molecule has 0 aliphatic rings. The number of nitrogens with one attached hydrogen (secondary N) is 1. The van der Waals surface area contributed by atoms with E-state index in [0.29, 0.717) is 17.1 Å². The van der Waals surface area contributed by atoms with Gasteiger partial charge in [-0.25, -0.2) is 9.97 Å². The molecule has 0 aliphatic heterocycles. The SMILES string of the molecule is Cc1ccc2nc(-c3ccc(NC(=O)c4ncoc4C)cc3)sc2c1. The van der Waals surface area contributed by atoms with Crippen LogP contribution in [0.5, 0.6) is 0 Å². The topological polar surface area (TPSA) is 68.0 Å². The molecule has 124 valence electrons. The van der Waals surface area contributed by atoms with E-state index < -0.39 is 0 Å². The summed E-state index contributed by atoms with van der Waals surface area (Å²) in [6.07, 6.45) is 1.27. The van der Waals surface area contributed by atoms with Crippen molar-refractivity contribution in [1.82, 2.24) is 9.97 Å². The Bertz CT molecular complexity index is 1060. The van der Waals surface area contributed by atoms with E-state index in [4.69, 9.17) is 4.42 Å². The fourth-order valence-electron chi connectivity index (χ4n) is 2.57. The summed E-state index contributed by atoms with van der Waals surface area (Å²) in [6, 6.07) is 13.9. The Hall–Kier alpha value is -2.99. The number of aryl methyl sites for hydroxylation is 2. The van der Waals surface area contributed by atoms with Crippen molar-refractivity contribution in [1.29, 1.82) is 0 Å². The van der Waals surface area contributed by atoms with Crippen molar-refractivity contribution < 1.29 is 9.21 Å². The van der Waals surface area contributed by atoms with Crippen LogP contribution in [0, 0.1) is 13.8 Å². The van der Waals surface area contributed by atoms with Gasteiger partial charge in [0.2, 0.25) is 0 Å². The second-order valence-corrected chi connectivity index (χ2v) is 6.81. The largest absolute Gasteiger partial charge is 0.448 e. The highest BCUT2D eigenvalue weighted by Crippen LogP contribution is 2.31. The van der Waals surface area contributed by atoms with E-state index in [1.807, 2.05) is 30.3 Å². The fraction of sp³-hybridized carbons (Fsp3) is 0.105. The van der Waals surface area contributed by atoms with E-state index in [-0.39, 0.29) is 5.91 Å². The molecule has 4 rings (SSSR count). The summed E-state index contributed by atoms with van der Waals surface area (Å²) in [7, 11) is 0. The molecule has 0 unspecified atom stereocenters. The number of amides is 1. The van der Waals surface area contributed by atoms with Gasteiger partial charge in [-0.3, -0.25) is 4.79 Å². The third kappa shape index (κ3) is 3.04. The van der Waals surface area contributed by atoms with Crippen LogP contribution >= 0.6 is 11.3 Å². The zero-order valence-corrected chi connectivity index (χ0v) is 14.6. The molecule has 25 heavy (non-hydrogen) atoms. The number of rotatable bonds is 3. The molecule has 0 saturated heterocycles. The lowest BCUT2D eigenvalue weighted by Crippen LogP contribution is -2.13. The molecule has 0 aliphatic carbocycles. The Morgan fingerprint density at radius 3 is 2.64 bits per heavy atom. The maximum atomic E-state index is 12.2. The van der Waals surface area contributed by atoms with Gasteiger partial charge in [0.05, 0.1) is 10.2 Å². The number of nitrogens with zero attached hydrogens (tertiary/aromatic N) is 2. The van der Waals surface area contributed by atoms with Crippen LogP contribution in [0.1, 0.15) is 21.8 Å². The van der Waals surface area contributed by atoms with Crippen LogP contribution in [0.2, 0.25) is 0 Å². The van der Waals surface area contributed by atoms with Crippen LogP contribution < -0.4 is 5.32 Å².